The smallest absolute Gasteiger partial charge is 0.135 e. The van der Waals surface area contributed by atoms with Crippen molar-refractivity contribution in [1.29, 1.82) is 0 Å². The summed E-state index contributed by atoms with van der Waals surface area (Å²) in [6, 6.07) is 52.9. The summed E-state index contributed by atoms with van der Waals surface area (Å²) in [5.74, 6) is 0. The van der Waals surface area contributed by atoms with E-state index in [1.165, 1.54) is 71.0 Å². The molecule has 11 rings (SSSR count). The molecule has 0 amide bonds. The summed E-state index contributed by atoms with van der Waals surface area (Å²) in [6.45, 7) is 0. The number of nitrogens with zero attached hydrogens (tertiary/aromatic N) is 2. The van der Waals surface area contributed by atoms with Crippen molar-refractivity contribution in [3.05, 3.63) is 146 Å². The second-order valence-corrected chi connectivity index (χ2v) is 12.1. The summed E-state index contributed by atoms with van der Waals surface area (Å²) in [7, 11) is 0. The van der Waals surface area contributed by atoms with Crippen molar-refractivity contribution < 1.29 is 4.42 Å². The largest absolute Gasteiger partial charge is 0.456 e. The monoisotopic (exact) mass is 572 g/mol. The highest BCUT2D eigenvalue weighted by Gasteiger charge is 2.18. The second kappa shape index (κ2) is 8.31. The third-order valence-corrected chi connectivity index (χ3v) is 9.85. The van der Waals surface area contributed by atoms with Crippen LogP contribution in [0.5, 0.6) is 0 Å². The number of furan rings is 1. The first-order valence-corrected chi connectivity index (χ1v) is 15.4. The first-order chi connectivity index (χ1) is 22.3. The van der Waals surface area contributed by atoms with Gasteiger partial charge in [-0.15, -0.1) is 0 Å². The number of fused-ring (bicyclic) bond motifs is 12. The Balaban J connectivity index is 1.14. The molecule has 0 saturated heterocycles. The Morgan fingerprint density at radius 3 is 1.73 bits per heavy atom. The van der Waals surface area contributed by atoms with Crippen molar-refractivity contribution in [2.75, 3.05) is 0 Å². The van der Waals surface area contributed by atoms with E-state index in [2.05, 4.69) is 142 Å². The van der Waals surface area contributed by atoms with Crippen LogP contribution in [0.4, 0.5) is 0 Å². The van der Waals surface area contributed by atoms with Crippen LogP contribution in [0.1, 0.15) is 0 Å². The predicted molar refractivity (Wildman–Crippen MR) is 188 cm³/mol. The van der Waals surface area contributed by atoms with Gasteiger partial charge < -0.3 is 13.4 Å². The Labute approximate surface area is 257 Å². The third kappa shape index (κ3) is 2.99. The summed E-state index contributed by atoms with van der Waals surface area (Å²) >= 11 is 0. The maximum Gasteiger partial charge on any atom is 0.135 e. The summed E-state index contributed by atoms with van der Waals surface area (Å²) in [4.78, 5) is 0. The van der Waals surface area contributed by atoms with Crippen LogP contribution in [0.2, 0.25) is 0 Å². The maximum absolute atomic E-state index is 6.14. The quantitative estimate of drug-likeness (QED) is 0.202. The van der Waals surface area contributed by atoms with E-state index in [0.717, 1.165) is 27.6 Å². The molecule has 208 valence electrons. The van der Waals surface area contributed by atoms with E-state index in [1.807, 2.05) is 12.1 Å². The fraction of sp³-hybridized carbons (Fsp3) is 0. The zero-order valence-electron chi connectivity index (χ0n) is 24.2. The van der Waals surface area contributed by atoms with Crippen LogP contribution in [0, 0.1) is 0 Å². The van der Waals surface area contributed by atoms with Crippen LogP contribution in [0.25, 0.3) is 98.7 Å². The first kappa shape index (κ1) is 23.4. The fourth-order valence-electron chi connectivity index (χ4n) is 7.90. The van der Waals surface area contributed by atoms with E-state index < -0.39 is 0 Å². The van der Waals surface area contributed by atoms with Crippen molar-refractivity contribution in [2.24, 2.45) is 0 Å². The van der Waals surface area contributed by atoms with E-state index in [0.29, 0.717) is 0 Å². The molecule has 3 nitrogen and oxygen atoms in total. The van der Waals surface area contributed by atoms with E-state index in [1.54, 1.807) is 0 Å². The topological polar surface area (TPSA) is 22.5 Å². The van der Waals surface area contributed by atoms with Gasteiger partial charge in [-0.2, -0.15) is 0 Å². The summed E-state index contributed by atoms with van der Waals surface area (Å²) in [6.07, 6.45) is 0. The van der Waals surface area contributed by atoms with Gasteiger partial charge >= 0.3 is 0 Å². The van der Waals surface area contributed by atoms with E-state index in [4.69, 9.17) is 4.42 Å². The van der Waals surface area contributed by atoms with Crippen molar-refractivity contribution >= 4 is 81.8 Å². The van der Waals surface area contributed by atoms with Gasteiger partial charge in [-0.05, 0) is 71.8 Å². The zero-order valence-corrected chi connectivity index (χ0v) is 24.2. The van der Waals surface area contributed by atoms with E-state index >= 15 is 0 Å². The Morgan fingerprint density at radius 2 is 0.911 bits per heavy atom. The molecule has 0 radical (unpaired) electrons. The molecule has 0 aliphatic heterocycles. The molecule has 0 unspecified atom stereocenters. The van der Waals surface area contributed by atoms with Crippen LogP contribution < -0.4 is 0 Å². The Morgan fingerprint density at radius 1 is 0.356 bits per heavy atom. The average Bonchev–Trinajstić information content (AvgIpc) is 3.83. The van der Waals surface area contributed by atoms with Gasteiger partial charge in [0.05, 0.1) is 27.6 Å². The Kier molecular flexibility index (Phi) is 4.32. The van der Waals surface area contributed by atoms with Crippen molar-refractivity contribution in [3.8, 4) is 16.8 Å². The van der Waals surface area contributed by atoms with E-state index in [-0.39, 0.29) is 0 Å². The molecule has 0 aliphatic rings. The lowest BCUT2D eigenvalue weighted by molar-refractivity contribution is 0.669. The highest BCUT2D eigenvalue weighted by atomic mass is 16.3. The Bertz CT molecular complexity index is 2990. The molecular formula is C42H24N2O. The predicted octanol–water partition coefficient (Wildman–Crippen LogP) is 11.5. The number of hydrogen-bond acceptors (Lipinski definition) is 1. The molecule has 0 aliphatic carbocycles. The molecule has 11 aromatic rings. The normalized spacial score (nSPS) is 12.4. The number of aromatic nitrogens is 2. The molecule has 0 fully saturated rings. The van der Waals surface area contributed by atoms with Crippen molar-refractivity contribution in [3.63, 3.8) is 0 Å². The maximum atomic E-state index is 6.14. The second-order valence-electron chi connectivity index (χ2n) is 12.1. The van der Waals surface area contributed by atoms with Crippen molar-refractivity contribution in [1.82, 2.24) is 8.97 Å². The van der Waals surface area contributed by atoms with Crippen LogP contribution in [0.3, 0.4) is 0 Å². The highest BCUT2D eigenvalue weighted by molar-refractivity contribution is 6.23. The molecule has 0 spiro atoms. The average molecular weight is 573 g/mol. The minimum Gasteiger partial charge on any atom is -0.456 e. The fourth-order valence-corrected chi connectivity index (χ4v) is 7.90. The highest BCUT2D eigenvalue weighted by Crippen LogP contribution is 2.41. The molecule has 45 heavy (non-hydrogen) atoms. The van der Waals surface area contributed by atoms with Gasteiger partial charge in [-0.3, -0.25) is 0 Å². The van der Waals surface area contributed by atoms with Gasteiger partial charge in [-0.1, -0.05) is 84.9 Å². The molecular weight excluding hydrogens is 548 g/mol. The minimum atomic E-state index is 0.912. The van der Waals surface area contributed by atoms with Gasteiger partial charge in [-0.25, -0.2) is 0 Å². The first-order valence-electron chi connectivity index (χ1n) is 15.4. The standard InChI is InChI=1S/C42H24N2O/c1-5-14-37-28(8-1)31-11-7-12-32-34-23-26(17-20-39(34)44(37)42(31)32)25-16-19-38-33(22-25)29-9-2-4-13-36(29)43(38)27-18-21-41-35(24-27)30-10-3-6-15-40(30)45-41/h1-24H. The SMILES string of the molecule is c1ccc2c(c1)oc1ccc(-n3c4ccccc4c4cc(-c5ccc6c(c5)c5cccc7c8ccccc8n6c75)ccc43)cc12. The summed E-state index contributed by atoms with van der Waals surface area (Å²) in [5, 5.41) is 10.0. The third-order valence-electron chi connectivity index (χ3n) is 9.85. The van der Waals surface area contributed by atoms with Crippen LogP contribution in [-0.4, -0.2) is 8.97 Å². The molecule has 0 N–H and O–H groups in total. The molecule has 4 aromatic heterocycles. The van der Waals surface area contributed by atoms with Gasteiger partial charge in [0, 0.05) is 48.8 Å². The Hall–Kier alpha value is -6.06. The molecule has 0 bridgehead atoms. The molecule has 4 heterocycles. The number of rotatable bonds is 2. The van der Waals surface area contributed by atoms with E-state index in [9.17, 15) is 0 Å². The molecule has 7 aromatic carbocycles. The van der Waals surface area contributed by atoms with Gasteiger partial charge in [0.1, 0.15) is 11.2 Å². The molecule has 3 heteroatoms. The molecule has 0 atom stereocenters. The zero-order chi connectivity index (χ0) is 29.2. The number of para-hydroxylation sites is 4. The van der Waals surface area contributed by atoms with Gasteiger partial charge in [0.25, 0.3) is 0 Å². The summed E-state index contributed by atoms with van der Waals surface area (Å²) in [5.41, 5.74) is 11.6. The van der Waals surface area contributed by atoms with Crippen LogP contribution in [0.15, 0.2) is 150 Å². The van der Waals surface area contributed by atoms with Gasteiger partial charge in [0.2, 0.25) is 0 Å². The lowest BCUT2D eigenvalue weighted by Crippen LogP contribution is -1.93. The molecule has 0 saturated carbocycles. The lowest BCUT2D eigenvalue weighted by Gasteiger charge is -2.09. The number of benzene rings is 7. The number of hydrogen-bond donors (Lipinski definition) is 0. The minimum absolute atomic E-state index is 0.912. The van der Waals surface area contributed by atoms with Crippen molar-refractivity contribution in [2.45, 2.75) is 0 Å². The summed E-state index contributed by atoms with van der Waals surface area (Å²) < 4.78 is 11.0. The van der Waals surface area contributed by atoms with Crippen LogP contribution in [-0.2, 0) is 0 Å². The lowest BCUT2D eigenvalue weighted by atomic mass is 10.00. The van der Waals surface area contributed by atoms with Crippen LogP contribution >= 0.6 is 0 Å². The van der Waals surface area contributed by atoms with Gasteiger partial charge in [0.15, 0.2) is 0 Å².